The maximum atomic E-state index is 12.7. The Kier molecular flexibility index (Phi) is 4.98. The Balaban J connectivity index is 1.94. The van der Waals surface area contributed by atoms with E-state index in [0.29, 0.717) is 5.56 Å². The van der Waals surface area contributed by atoms with E-state index in [-0.39, 0.29) is 21.5 Å². The van der Waals surface area contributed by atoms with Gasteiger partial charge in [-0.2, -0.15) is 0 Å². The number of thioether (sulfide) groups is 1. The van der Waals surface area contributed by atoms with Gasteiger partial charge in [-0.25, -0.2) is 4.79 Å². The maximum Gasteiger partial charge on any atom is 0.335 e. The fraction of sp³-hybridized carbons (Fsp3) is 0.391. The molecule has 0 amide bonds. The Hall–Kier alpha value is -2.07. The van der Waals surface area contributed by atoms with Crippen LogP contribution >= 0.6 is 11.8 Å². The number of aryl methyl sites for hydroxylation is 1. The summed E-state index contributed by atoms with van der Waals surface area (Å²) in [7, 11) is 0. The average Bonchev–Trinajstić information content (AvgIpc) is 2.60. The largest absolute Gasteiger partial charge is 0.478 e. The monoisotopic (exact) mass is 382 g/mol. The molecule has 0 aromatic heterocycles. The molecule has 0 saturated carbocycles. The van der Waals surface area contributed by atoms with Gasteiger partial charge in [0.05, 0.1) is 5.56 Å². The topological polar surface area (TPSA) is 54.4 Å². The molecule has 3 rings (SSSR count). The van der Waals surface area contributed by atoms with Crippen molar-refractivity contribution in [3.63, 3.8) is 0 Å². The molecule has 0 saturated heterocycles. The van der Waals surface area contributed by atoms with E-state index in [4.69, 9.17) is 5.11 Å². The summed E-state index contributed by atoms with van der Waals surface area (Å²) in [6.45, 7) is 11.2. The highest BCUT2D eigenvalue weighted by Gasteiger charge is 2.37. The molecule has 142 valence electrons. The van der Waals surface area contributed by atoms with Crippen LogP contribution in [0.3, 0.4) is 0 Å². The quantitative estimate of drug-likeness (QED) is 0.664. The second-order valence-corrected chi connectivity index (χ2v) is 9.72. The summed E-state index contributed by atoms with van der Waals surface area (Å²) in [5.74, 6) is -0.989. The van der Waals surface area contributed by atoms with E-state index in [0.717, 1.165) is 23.3 Å². The minimum Gasteiger partial charge on any atom is -0.478 e. The Labute approximate surface area is 165 Å². The number of fused-ring (bicyclic) bond motifs is 1. The van der Waals surface area contributed by atoms with Gasteiger partial charge < -0.3 is 5.11 Å². The van der Waals surface area contributed by atoms with Crippen LogP contribution in [0.15, 0.2) is 41.3 Å². The van der Waals surface area contributed by atoms with Gasteiger partial charge in [0.15, 0.2) is 0 Å². The first-order chi connectivity index (χ1) is 12.5. The fourth-order valence-corrected chi connectivity index (χ4v) is 4.57. The smallest absolute Gasteiger partial charge is 0.335 e. The Morgan fingerprint density at radius 2 is 1.37 bits per heavy atom. The van der Waals surface area contributed by atoms with Crippen LogP contribution < -0.4 is 0 Å². The van der Waals surface area contributed by atoms with E-state index in [1.54, 1.807) is 12.1 Å². The van der Waals surface area contributed by atoms with Crippen molar-refractivity contribution < 1.29 is 14.7 Å². The third kappa shape index (κ3) is 3.81. The molecule has 3 nitrogen and oxygen atoms in total. The van der Waals surface area contributed by atoms with Gasteiger partial charge in [0, 0.05) is 10.5 Å². The van der Waals surface area contributed by atoms with Gasteiger partial charge in [0.1, 0.15) is 0 Å². The summed E-state index contributed by atoms with van der Waals surface area (Å²) < 4.78 is 0. The maximum absolute atomic E-state index is 12.7. The molecule has 0 bridgehead atoms. The van der Waals surface area contributed by atoms with E-state index in [9.17, 15) is 9.59 Å². The molecule has 0 fully saturated rings. The molecular weight excluding hydrogens is 356 g/mol. The number of hydrogen-bond acceptors (Lipinski definition) is 3. The Morgan fingerprint density at radius 1 is 0.889 bits per heavy atom. The van der Waals surface area contributed by atoms with Crippen LogP contribution in [-0.2, 0) is 10.8 Å². The SMILES string of the molecule is Cc1cc2c(cc1SC(=O)c1ccc(C(=O)O)cc1)C(C)(C)CCC2(C)C. The van der Waals surface area contributed by atoms with Gasteiger partial charge in [0.25, 0.3) is 0 Å². The second kappa shape index (κ2) is 6.83. The lowest BCUT2D eigenvalue weighted by molar-refractivity contribution is 0.0696. The van der Waals surface area contributed by atoms with Crippen LogP contribution in [0.2, 0.25) is 0 Å². The number of carboxylic acids is 1. The van der Waals surface area contributed by atoms with Crippen molar-refractivity contribution in [2.24, 2.45) is 0 Å². The zero-order valence-corrected chi connectivity index (χ0v) is 17.4. The normalized spacial score (nSPS) is 17.2. The molecule has 1 N–H and O–H groups in total. The lowest BCUT2D eigenvalue weighted by Crippen LogP contribution is -2.34. The summed E-state index contributed by atoms with van der Waals surface area (Å²) in [5.41, 5.74) is 4.78. The summed E-state index contributed by atoms with van der Waals surface area (Å²) in [6.07, 6.45) is 2.29. The minimum absolute atomic E-state index is 0.0668. The summed E-state index contributed by atoms with van der Waals surface area (Å²) in [5, 5.41) is 8.93. The van der Waals surface area contributed by atoms with Gasteiger partial charge in [-0.05, 0) is 89.4 Å². The molecule has 1 aliphatic rings. The molecule has 0 spiro atoms. The lowest BCUT2D eigenvalue weighted by atomic mass is 9.63. The Morgan fingerprint density at radius 3 is 1.89 bits per heavy atom. The van der Waals surface area contributed by atoms with Crippen molar-refractivity contribution in [2.45, 2.75) is 63.2 Å². The molecule has 1 aliphatic carbocycles. The first kappa shape index (κ1) is 19.7. The van der Waals surface area contributed by atoms with Crippen molar-refractivity contribution >= 4 is 22.8 Å². The van der Waals surface area contributed by atoms with E-state index >= 15 is 0 Å². The third-order valence-corrected chi connectivity index (χ3v) is 6.80. The highest BCUT2D eigenvalue weighted by Crippen LogP contribution is 2.47. The number of carbonyl (C=O) groups excluding carboxylic acids is 1. The lowest BCUT2D eigenvalue weighted by Gasteiger charge is -2.42. The zero-order valence-electron chi connectivity index (χ0n) is 16.6. The van der Waals surface area contributed by atoms with Gasteiger partial charge in [0.2, 0.25) is 5.12 Å². The summed E-state index contributed by atoms with van der Waals surface area (Å²) >= 11 is 1.22. The highest BCUT2D eigenvalue weighted by molar-refractivity contribution is 8.14. The molecule has 2 aromatic carbocycles. The number of benzene rings is 2. The molecule has 0 atom stereocenters. The van der Waals surface area contributed by atoms with Crippen LogP contribution in [0.25, 0.3) is 0 Å². The predicted octanol–water partition coefficient (Wildman–Crippen LogP) is 5.97. The van der Waals surface area contributed by atoms with Gasteiger partial charge >= 0.3 is 5.97 Å². The van der Waals surface area contributed by atoms with Gasteiger partial charge in [-0.1, -0.05) is 33.8 Å². The molecule has 0 aliphatic heterocycles. The zero-order chi connectivity index (χ0) is 20.0. The van der Waals surface area contributed by atoms with E-state index in [1.807, 2.05) is 0 Å². The van der Waals surface area contributed by atoms with Gasteiger partial charge in [-0.15, -0.1) is 0 Å². The van der Waals surface area contributed by atoms with Crippen LogP contribution in [0.5, 0.6) is 0 Å². The van der Waals surface area contributed by atoms with Crippen LogP contribution in [-0.4, -0.2) is 16.2 Å². The first-order valence-corrected chi connectivity index (χ1v) is 10.0. The molecule has 4 heteroatoms. The summed E-state index contributed by atoms with van der Waals surface area (Å²) in [6, 6.07) is 10.6. The third-order valence-electron chi connectivity index (χ3n) is 5.72. The average molecular weight is 383 g/mol. The molecule has 2 aromatic rings. The fourth-order valence-electron chi connectivity index (χ4n) is 3.72. The van der Waals surface area contributed by atoms with Crippen molar-refractivity contribution in [3.8, 4) is 0 Å². The standard InChI is InChI=1S/C23H26O3S/c1-14-12-17-18(23(4,5)11-10-22(17,2)3)13-19(14)27-21(26)16-8-6-15(7-9-16)20(24)25/h6-9,12-13H,10-11H2,1-5H3,(H,24,25). The van der Waals surface area contributed by atoms with E-state index in [1.165, 1.54) is 35.0 Å². The van der Waals surface area contributed by atoms with E-state index in [2.05, 4.69) is 46.8 Å². The van der Waals surface area contributed by atoms with Crippen molar-refractivity contribution in [1.29, 1.82) is 0 Å². The molecule has 0 unspecified atom stereocenters. The number of aromatic carboxylic acids is 1. The van der Waals surface area contributed by atoms with Crippen LogP contribution in [0.1, 0.15) is 77.9 Å². The Bertz CT molecular complexity index is 908. The first-order valence-electron chi connectivity index (χ1n) is 9.22. The molecule has 0 radical (unpaired) electrons. The number of rotatable bonds is 3. The molecule has 27 heavy (non-hydrogen) atoms. The molecule has 0 heterocycles. The van der Waals surface area contributed by atoms with Crippen molar-refractivity contribution in [2.75, 3.05) is 0 Å². The highest BCUT2D eigenvalue weighted by atomic mass is 32.2. The number of carboxylic acid groups (broad SMARTS) is 1. The number of hydrogen-bond donors (Lipinski definition) is 1. The predicted molar refractivity (Wildman–Crippen MR) is 110 cm³/mol. The second-order valence-electron chi connectivity index (χ2n) is 8.70. The summed E-state index contributed by atoms with van der Waals surface area (Å²) in [4.78, 5) is 24.7. The van der Waals surface area contributed by atoms with Crippen molar-refractivity contribution in [3.05, 3.63) is 64.2 Å². The minimum atomic E-state index is -0.989. The van der Waals surface area contributed by atoms with Crippen LogP contribution in [0.4, 0.5) is 0 Å². The number of carbonyl (C=O) groups is 2. The molecular formula is C23H26O3S. The van der Waals surface area contributed by atoms with Gasteiger partial charge in [-0.3, -0.25) is 4.79 Å². The van der Waals surface area contributed by atoms with E-state index < -0.39 is 5.97 Å². The van der Waals surface area contributed by atoms with Crippen LogP contribution in [0, 0.1) is 6.92 Å². The van der Waals surface area contributed by atoms with Crippen molar-refractivity contribution in [1.82, 2.24) is 0 Å².